The van der Waals surface area contributed by atoms with Crippen molar-refractivity contribution in [1.82, 2.24) is 15.2 Å². The van der Waals surface area contributed by atoms with Crippen molar-refractivity contribution in [2.24, 2.45) is 0 Å². The number of halogens is 1. The number of anilines is 1. The molecule has 0 spiro atoms. The van der Waals surface area contributed by atoms with Crippen molar-refractivity contribution in [2.45, 2.75) is 12.8 Å². The van der Waals surface area contributed by atoms with E-state index in [0.29, 0.717) is 13.1 Å². The van der Waals surface area contributed by atoms with Gasteiger partial charge in [-0.05, 0) is 48.7 Å². The molecular formula is C24H27FN4O. The first-order valence-corrected chi connectivity index (χ1v) is 10.5. The average molecular weight is 407 g/mol. The fourth-order valence-corrected chi connectivity index (χ4v) is 4.00. The summed E-state index contributed by atoms with van der Waals surface area (Å²) in [4.78, 5) is 21.4. The van der Waals surface area contributed by atoms with E-state index < -0.39 is 0 Å². The smallest absolute Gasteiger partial charge is 0.234 e. The summed E-state index contributed by atoms with van der Waals surface area (Å²) >= 11 is 0. The minimum atomic E-state index is -0.217. The molecule has 1 aliphatic heterocycles. The number of hydrogen-bond donors (Lipinski definition) is 1. The van der Waals surface area contributed by atoms with Gasteiger partial charge in [0.1, 0.15) is 5.82 Å². The Balaban J connectivity index is 1.24. The maximum absolute atomic E-state index is 13.2. The number of para-hydroxylation sites is 1. The molecule has 0 unspecified atom stereocenters. The van der Waals surface area contributed by atoms with Crippen LogP contribution in [0.3, 0.4) is 0 Å². The summed E-state index contributed by atoms with van der Waals surface area (Å²) in [6.45, 7) is 4.46. The van der Waals surface area contributed by atoms with E-state index in [9.17, 15) is 9.18 Å². The molecule has 4 rings (SSSR count). The number of fused-ring (bicyclic) bond motifs is 1. The summed E-state index contributed by atoms with van der Waals surface area (Å²) in [5.74, 6) is -0.162. The van der Waals surface area contributed by atoms with Crippen LogP contribution in [-0.4, -0.2) is 55.1 Å². The topological polar surface area (TPSA) is 48.5 Å². The number of carbonyl (C=O) groups is 1. The minimum Gasteiger partial charge on any atom is -0.370 e. The summed E-state index contributed by atoms with van der Waals surface area (Å²) in [6.07, 6.45) is 3.55. The van der Waals surface area contributed by atoms with Crippen molar-refractivity contribution in [3.8, 4) is 0 Å². The molecule has 5 nitrogen and oxygen atoms in total. The molecule has 0 radical (unpaired) electrons. The second-order valence-electron chi connectivity index (χ2n) is 7.69. The van der Waals surface area contributed by atoms with Crippen LogP contribution in [-0.2, 0) is 11.2 Å². The quantitative estimate of drug-likeness (QED) is 0.683. The van der Waals surface area contributed by atoms with Gasteiger partial charge in [-0.1, -0.05) is 24.3 Å². The molecule has 1 saturated heterocycles. The first-order chi connectivity index (χ1) is 14.7. The van der Waals surface area contributed by atoms with E-state index in [1.165, 1.54) is 12.1 Å². The number of nitrogens with zero attached hydrogens (tertiary/aromatic N) is 3. The van der Waals surface area contributed by atoms with Crippen molar-refractivity contribution in [1.29, 1.82) is 0 Å². The molecule has 2 heterocycles. The molecule has 0 saturated carbocycles. The van der Waals surface area contributed by atoms with E-state index in [1.54, 1.807) is 6.20 Å². The zero-order valence-electron chi connectivity index (χ0n) is 17.1. The van der Waals surface area contributed by atoms with E-state index in [1.807, 2.05) is 24.3 Å². The number of amides is 1. The van der Waals surface area contributed by atoms with Crippen molar-refractivity contribution in [3.05, 3.63) is 72.2 Å². The SMILES string of the molecule is O=C(CN1CCCN(c2ccc(F)cc2)CC1)NCCc1cccc2cccnc12. The molecule has 1 aliphatic rings. The molecule has 1 amide bonds. The van der Waals surface area contributed by atoms with Gasteiger partial charge in [-0.2, -0.15) is 0 Å². The lowest BCUT2D eigenvalue weighted by Gasteiger charge is -2.23. The van der Waals surface area contributed by atoms with Crippen LogP contribution in [0.4, 0.5) is 10.1 Å². The van der Waals surface area contributed by atoms with E-state index in [2.05, 4.69) is 38.3 Å². The van der Waals surface area contributed by atoms with Crippen LogP contribution < -0.4 is 10.2 Å². The average Bonchev–Trinajstić information content (AvgIpc) is 3.00. The molecule has 0 bridgehead atoms. The summed E-state index contributed by atoms with van der Waals surface area (Å²) in [6, 6.07) is 16.8. The van der Waals surface area contributed by atoms with Crippen LogP contribution >= 0.6 is 0 Å². The molecule has 0 aliphatic carbocycles. The Bertz CT molecular complexity index is 987. The van der Waals surface area contributed by atoms with E-state index in [0.717, 1.165) is 61.2 Å². The van der Waals surface area contributed by atoms with E-state index in [-0.39, 0.29) is 11.7 Å². The van der Waals surface area contributed by atoms with Crippen LogP contribution in [0.15, 0.2) is 60.8 Å². The molecule has 0 atom stereocenters. The number of benzene rings is 2. The predicted molar refractivity (Wildman–Crippen MR) is 118 cm³/mol. The van der Waals surface area contributed by atoms with Gasteiger partial charge in [0.05, 0.1) is 12.1 Å². The van der Waals surface area contributed by atoms with Crippen molar-refractivity contribution in [3.63, 3.8) is 0 Å². The monoisotopic (exact) mass is 406 g/mol. The first-order valence-electron chi connectivity index (χ1n) is 10.5. The van der Waals surface area contributed by atoms with Gasteiger partial charge in [-0.15, -0.1) is 0 Å². The van der Waals surface area contributed by atoms with E-state index >= 15 is 0 Å². The number of aromatic nitrogens is 1. The van der Waals surface area contributed by atoms with Crippen molar-refractivity contribution >= 4 is 22.5 Å². The van der Waals surface area contributed by atoms with Crippen LogP contribution in [0.5, 0.6) is 0 Å². The van der Waals surface area contributed by atoms with E-state index in [4.69, 9.17) is 0 Å². The highest BCUT2D eigenvalue weighted by Gasteiger charge is 2.17. The fraction of sp³-hybridized carbons (Fsp3) is 0.333. The van der Waals surface area contributed by atoms with Gasteiger partial charge in [0.2, 0.25) is 5.91 Å². The largest absolute Gasteiger partial charge is 0.370 e. The highest BCUT2D eigenvalue weighted by molar-refractivity contribution is 5.82. The van der Waals surface area contributed by atoms with Crippen molar-refractivity contribution in [2.75, 3.05) is 44.2 Å². The van der Waals surface area contributed by atoms with Crippen LogP contribution in [0, 0.1) is 5.82 Å². The zero-order chi connectivity index (χ0) is 20.8. The zero-order valence-corrected chi connectivity index (χ0v) is 17.1. The van der Waals surface area contributed by atoms with Crippen LogP contribution in [0.25, 0.3) is 10.9 Å². The Kier molecular flexibility index (Phi) is 6.54. The molecule has 30 heavy (non-hydrogen) atoms. The lowest BCUT2D eigenvalue weighted by Crippen LogP contribution is -2.39. The van der Waals surface area contributed by atoms with Gasteiger partial charge in [-0.25, -0.2) is 4.39 Å². The number of carbonyl (C=O) groups excluding carboxylic acids is 1. The molecule has 6 heteroatoms. The lowest BCUT2D eigenvalue weighted by atomic mass is 10.1. The van der Waals surface area contributed by atoms with Gasteiger partial charge >= 0.3 is 0 Å². The molecule has 156 valence electrons. The highest BCUT2D eigenvalue weighted by Crippen LogP contribution is 2.17. The minimum absolute atomic E-state index is 0.0541. The Morgan fingerprint density at radius 3 is 2.70 bits per heavy atom. The van der Waals surface area contributed by atoms with Gasteiger partial charge in [0.25, 0.3) is 0 Å². The van der Waals surface area contributed by atoms with Gasteiger partial charge in [0, 0.05) is 50.0 Å². The third-order valence-electron chi connectivity index (χ3n) is 5.58. The second kappa shape index (κ2) is 9.67. The first kappa shape index (κ1) is 20.3. The Labute approximate surface area is 176 Å². The van der Waals surface area contributed by atoms with Crippen molar-refractivity contribution < 1.29 is 9.18 Å². The van der Waals surface area contributed by atoms with Gasteiger partial charge in [-0.3, -0.25) is 14.7 Å². The Morgan fingerprint density at radius 2 is 1.83 bits per heavy atom. The molecule has 3 aromatic rings. The molecular weight excluding hydrogens is 379 g/mol. The third kappa shape index (κ3) is 5.13. The number of nitrogens with one attached hydrogen (secondary N) is 1. The second-order valence-corrected chi connectivity index (χ2v) is 7.69. The highest BCUT2D eigenvalue weighted by atomic mass is 19.1. The normalized spacial score (nSPS) is 15.2. The predicted octanol–water partition coefficient (Wildman–Crippen LogP) is 3.24. The molecule has 1 N–H and O–H groups in total. The van der Waals surface area contributed by atoms with Gasteiger partial charge in [0.15, 0.2) is 0 Å². The standard InChI is InChI=1S/C24H27FN4O/c25-21-7-9-22(10-8-21)29-15-3-14-28(16-17-29)18-23(30)26-13-11-20-5-1-4-19-6-2-12-27-24(19)20/h1-2,4-10,12H,3,11,13-18H2,(H,26,30). The number of rotatable bonds is 6. The summed E-state index contributed by atoms with van der Waals surface area (Å²) < 4.78 is 13.2. The lowest BCUT2D eigenvalue weighted by molar-refractivity contribution is -0.122. The maximum atomic E-state index is 13.2. The van der Waals surface area contributed by atoms with Gasteiger partial charge < -0.3 is 10.2 Å². The number of pyridine rings is 1. The number of hydrogen-bond acceptors (Lipinski definition) is 4. The molecule has 2 aromatic carbocycles. The Morgan fingerprint density at radius 1 is 1.00 bits per heavy atom. The molecule has 1 aromatic heterocycles. The summed E-state index contributed by atoms with van der Waals surface area (Å²) in [5, 5.41) is 4.17. The van der Waals surface area contributed by atoms with Crippen LogP contribution in [0.2, 0.25) is 0 Å². The molecule has 1 fully saturated rings. The summed E-state index contributed by atoms with van der Waals surface area (Å²) in [5.41, 5.74) is 3.19. The maximum Gasteiger partial charge on any atom is 0.234 e. The van der Waals surface area contributed by atoms with Crippen LogP contribution in [0.1, 0.15) is 12.0 Å². The summed E-state index contributed by atoms with van der Waals surface area (Å²) in [7, 11) is 0. The third-order valence-corrected chi connectivity index (χ3v) is 5.58. The fourth-order valence-electron chi connectivity index (χ4n) is 4.00. The Hall–Kier alpha value is -2.99.